The molecule has 142 valence electrons. The van der Waals surface area contributed by atoms with Gasteiger partial charge < -0.3 is 14.5 Å². The second-order valence-electron chi connectivity index (χ2n) is 5.67. The Labute approximate surface area is 165 Å². The maximum absolute atomic E-state index is 12.2. The first kappa shape index (κ1) is 19.2. The molecule has 0 aliphatic heterocycles. The summed E-state index contributed by atoms with van der Waals surface area (Å²) < 4.78 is 10.8. The predicted octanol–water partition coefficient (Wildman–Crippen LogP) is 5.07. The van der Waals surface area contributed by atoms with Gasteiger partial charge in [0.15, 0.2) is 0 Å². The predicted molar refractivity (Wildman–Crippen MR) is 105 cm³/mol. The van der Waals surface area contributed by atoms with Crippen LogP contribution in [0.5, 0.6) is 5.75 Å². The summed E-state index contributed by atoms with van der Waals surface area (Å²) in [5.74, 6) is 0.183. The number of hydrogen-bond donors (Lipinski definition) is 1. The molecule has 0 aliphatic rings. The van der Waals surface area contributed by atoms with E-state index in [1.54, 1.807) is 12.1 Å². The number of halogens is 1. The molecule has 3 aromatic rings. The van der Waals surface area contributed by atoms with E-state index in [2.05, 4.69) is 5.32 Å². The normalized spacial score (nSPS) is 10.8. The molecule has 7 nitrogen and oxygen atoms in total. The number of ether oxygens (including phenoxy) is 1. The number of amides is 1. The van der Waals surface area contributed by atoms with E-state index in [1.807, 2.05) is 30.3 Å². The number of nitrogens with one attached hydrogen (secondary N) is 1. The van der Waals surface area contributed by atoms with E-state index in [0.29, 0.717) is 5.76 Å². The monoisotopic (exact) mass is 398 g/mol. The molecule has 1 heterocycles. The Balaban J connectivity index is 1.82. The minimum atomic E-state index is -0.611. The van der Waals surface area contributed by atoms with Crippen molar-refractivity contribution in [3.05, 3.63) is 93.4 Å². The minimum Gasteiger partial charge on any atom is -0.486 e. The van der Waals surface area contributed by atoms with Crippen molar-refractivity contribution < 1.29 is 18.9 Å². The number of carbonyl (C=O) groups excluding carboxylic acids is 1. The fraction of sp³-hybridized carbons (Fsp3) is 0.0500. The number of benzene rings is 2. The van der Waals surface area contributed by atoms with Crippen LogP contribution in [0, 0.1) is 10.1 Å². The van der Waals surface area contributed by atoms with Crippen molar-refractivity contribution in [3.8, 4) is 5.75 Å². The maximum Gasteiger partial charge on any atom is 0.291 e. The van der Waals surface area contributed by atoms with E-state index in [9.17, 15) is 14.9 Å². The number of nitrogens with zero attached hydrogens (tertiary/aromatic N) is 1. The quantitative estimate of drug-likeness (QED) is 0.340. The molecule has 0 fully saturated rings. The van der Waals surface area contributed by atoms with Crippen LogP contribution in [0.4, 0.5) is 11.4 Å². The van der Waals surface area contributed by atoms with Crippen LogP contribution in [0.3, 0.4) is 0 Å². The standard InChI is InChI=1S/C20H15ClN2O5/c21-16-11-17(22-20(24)9-8-15-7-4-10-27-15)19(12-18(16)23(25)26)28-13-14-5-2-1-3-6-14/h1-12H,13H2,(H,22,24)/b9-8+. The summed E-state index contributed by atoms with van der Waals surface area (Å²) in [6, 6.07) is 15.2. The zero-order valence-electron chi connectivity index (χ0n) is 14.5. The van der Waals surface area contributed by atoms with Crippen LogP contribution in [0.1, 0.15) is 11.3 Å². The summed E-state index contributed by atoms with van der Waals surface area (Å²) in [5.41, 5.74) is 0.782. The average molecular weight is 399 g/mol. The van der Waals surface area contributed by atoms with Crippen LogP contribution >= 0.6 is 11.6 Å². The summed E-state index contributed by atoms with van der Waals surface area (Å²) in [4.78, 5) is 22.8. The molecule has 0 bridgehead atoms. The minimum absolute atomic E-state index is 0.109. The van der Waals surface area contributed by atoms with Gasteiger partial charge in [0.1, 0.15) is 23.1 Å². The summed E-state index contributed by atoms with van der Waals surface area (Å²) in [7, 11) is 0. The van der Waals surface area contributed by atoms with Gasteiger partial charge in [0, 0.05) is 6.08 Å². The van der Waals surface area contributed by atoms with Crippen LogP contribution < -0.4 is 10.1 Å². The van der Waals surface area contributed by atoms with Crippen LogP contribution in [0.15, 0.2) is 71.4 Å². The van der Waals surface area contributed by atoms with Gasteiger partial charge in [0.2, 0.25) is 5.91 Å². The molecule has 2 aromatic carbocycles. The molecular formula is C20H15ClN2O5. The van der Waals surface area contributed by atoms with Gasteiger partial charge in [-0.3, -0.25) is 14.9 Å². The zero-order valence-corrected chi connectivity index (χ0v) is 15.3. The lowest BCUT2D eigenvalue weighted by atomic mass is 10.2. The first-order valence-electron chi connectivity index (χ1n) is 8.20. The van der Waals surface area contributed by atoms with Crippen LogP contribution in [-0.4, -0.2) is 10.8 Å². The molecule has 0 spiro atoms. The summed E-state index contributed by atoms with van der Waals surface area (Å²) >= 11 is 5.97. The first-order valence-corrected chi connectivity index (χ1v) is 8.58. The van der Waals surface area contributed by atoms with Gasteiger partial charge in [-0.1, -0.05) is 41.9 Å². The Morgan fingerprint density at radius 3 is 2.68 bits per heavy atom. The third-order valence-corrected chi connectivity index (χ3v) is 3.99. The molecule has 0 saturated carbocycles. The highest BCUT2D eigenvalue weighted by Gasteiger charge is 2.19. The van der Waals surface area contributed by atoms with E-state index in [4.69, 9.17) is 20.8 Å². The zero-order chi connectivity index (χ0) is 19.9. The number of furan rings is 1. The number of nitro benzene ring substituents is 1. The Kier molecular flexibility index (Phi) is 6.08. The van der Waals surface area contributed by atoms with E-state index >= 15 is 0 Å². The Morgan fingerprint density at radius 2 is 2.00 bits per heavy atom. The van der Waals surface area contributed by atoms with Crippen molar-refractivity contribution >= 4 is 35.0 Å². The fourth-order valence-corrected chi connectivity index (χ4v) is 2.59. The highest BCUT2D eigenvalue weighted by atomic mass is 35.5. The van der Waals surface area contributed by atoms with E-state index in [-0.39, 0.29) is 28.8 Å². The van der Waals surface area contributed by atoms with E-state index in [1.165, 1.54) is 30.5 Å². The largest absolute Gasteiger partial charge is 0.486 e. The lowest BCUT2D eigenvalue weighted by Gasteiger charge is -2.12. The third kappa shape index (κ3) is 4.99. The summed E-state index contributed by atoms with van der Waals surface area (Å²) in [6.07, 6.45) is 4.26. The second-order valence-corrected chi connectivity index (χ2v) is 6.08. The molecule has 28 heavy (non-hydrogen) atoms. The topological polar surface area (TPSA) is 94.6 Å². The highest BCUT2D eigenvalue weighted by molar-refractivity contribution is 6.33. The van der Waals surface area contributed by atoms with Crippen molar-refractivity contribution in [2.75, 3.05) is 5.32 Å². The molecule has 1 N–H and O–H groups in total. The summed E-state index contributed by atoms with van der Waals surface area (Å²) in [6.45, 7) is 0.171. The van der Waals surface area contributed by atoms with Gasteiger partial charge in [-0.05, 0) is 29.8 Å². The lowest BCUT2D eigenvalue weighted by Crippen LogP contribution is -2.10. The van der Waals surface area contributed by atoms with Crippen molar-refractivity contribution in [2.45, 2.75) is 6.61 Å². The SMILES string of the molecule is O=C(/C=C/c1ccco1)Nc1cc(Cl)c([N+](=O)[O-])cc1OCc1ccccc1. The first-order chi connectivity index (χ1) is 13.5. The van der Waals surface area contributed by atoms with E-state index in [0.717, 1.165) is 5.56 Å². The number of rotatable bonds is 7. The average Bonchev–Trinajstić information content (AvgIpc) is 3.20. The summed E-state index contributed by atoms with van der Waals surface area (Å²) in [5, 5.41) is 13.7. The van der Waals surface area contributed by atoms with Crippen LogP contribution in [-0.2, 0) is 11.4 Å². The smallest absolute Gasteiger partial charge is 0.291 e. The number of nitro groups is 1. The highest BCUT2D eigenvalue weighted by Crippen LogP contribution is 2.36. The van der Waals surface area contributed by atoms with Crippen molar-refractivity contribution in [2.24, 2.45) is 0 Å². The second kappa shape index (κ2) is 8.88. The van der Waals surface area contributed by atoms with Gasteiger partial charge in [0.05, 0.1) is 22.9 Å². The van der Waals surface area contributed by atoms with E-state index < -0.39 is 10.8 Å². The van der Waals surface area contributed by atoms with Gasteiger partial charge in [0.25, 0.3) is 5.69 Å². The van der Waals surface area contributed by atoms with Gasteiger partial charge in [-0.15, -0.1) is 0 Å². The van der Waals surface area contributed by atoms with Crippen LogP contribution in [0.2, 0.25) is 5.02 Å². The van der Waals surface area contributed by atoms with Crippen molar-refractivity contribution in [1.29, 1.82) is 0 Å². The molecule has 0 radical (unpaired) electrons. The van der Waals surface area contributed by atoms with Crippen molar-refractivity contribution in [1.82, 2.24) is 0 Å². The maximum atomic E-state index is 12.2. The molecule has 3 rings (SSSR count). The van der Waals surface area contributed by atoms with Crippen molar-refractivity contribution in [3.63, 3.8) is 0 Å². The molecule has 1 aromatic heterocycles. The molecule has 0 unspecified atom stereocenters. The number of carbonyl (C=O) groups is 1. The Hall–Kier alpha value is -3.58. The molecule has 1 amide bonds. The lowest BCUT2D eigenvalue weighted by molar-refractivity contribution is -0.384. The third-order valence-electron chi connectivity index (χ3n) is 3.68. The fourth-order valence-electron chi connectivity index (χ4n) is 2.35. The van der Waals surface area contributed by atoms with Gasteiger partial charge in [-0.2, -0.15) is 0 Å². The Morgan fingerprint density at radius 1 is 1.21 bits per heavy atom. The molecule has 0 atom stereocenters. The molecule has 0 saturated heterocycles. The molecular weight excluding hydrogens is 384 g/mol. The number of hydrogen-bond acceptors (Lipinski definition) is 5. The molecule has 0 aliphatic carbocycles. The molecule has 8 heteroatoms. The van der Waals surface area contributed by atoms with Crippen LogP contribution in [0.25, 0.3) is 6.08 Å². The Bertz CT molecular complexity index is 1000. The van der Waals surface area contributed by atoms with Gasteiger partial charge >= 0.3 is 0 Å². The van der Waals surface area contributed by atoms with Gasteiger partial charge in [-0.25, -0.2) is 0 Å². The number of anilines is 1.